The number of anilines is 1. The van der Waals surface area contributed by atoms with E-state index >= 15 is 0 Å². The first-order valence-electron chi connectivity index (χ1n) is 6.52. The van der Waals surface area contributed by atoms with Gasteiger partial charge in [-0.25, -0.2) is 5.43 Å². The van der Waals surface area contributed by atoms with Crippen LogP contribution in [0.1, 0.15) is 11.1 Å². The predicted octanol–water partition coefficient (Wildman–Crippen LogP) is 2.74. The molecule has 0 bridgehead atoms. The molecule has 0 aliphatic rings. The van der Waals surface area contributed by atoms with Gasteiger partial charge < -0.3 is 5.32 Å². The highest BCUT2D eigenvalue weighted by Crippen LogP contribution is 2.12. The van der Waals surface area contributed by atoms with Gasteiger partial charge in [0.2, 0.25) is 0 Å². The van der Waals surface area contributed by atoms with Gasteiger partial charge in [-0.15, -0.1) is 0 Å². The summed E-state index contributed by atoms with van der Waals surface area (Å²) < 4.78 is 0. The Hall–Kier alpha value is -2.66. The molecule has 0 radical (unpaired) electrons. The molecule has 0 unspecified atom stereocenters. The van der Waals surface area contributed by atoms with E-state index in [1.165, 1.54) is 6.21 Å². The number of hydrogen-bond donors (Lipinski definition) is 2. The third kappa shape index (κ3) is 4.43. The monoisotopic (exact) mass is 315 g/mol. The van der Waals surface area contributed by atoms with E-state index in [4.69, 9.17) is 11.6 Å². The molecule has 5 nitrogen and oxygen atoms in total. The maximum atomic E-state index is 11.7. The minimum atomic E-state index is -0.858. The first-order valence-corrected chi connectivity index (χ1v) is 6.89. The third-order valence-electron chi connectivity index (χ3n) is 2.79. The van der Waals surface area contributed by atoms with Gasteiger partial charge in [0.25, 0.3) is 0 Å². The fourth-order valence-electron chi connectivity index (χ4n) is 1.62. The summed E-state index contributed by atoms with van der Waals surface area (Å²) in [7, 11) is 0. The van der Waals surface area contributed by atoms with Gasteiger partial charge in [-0.05, 0) is 25.1 Å². The lowest BCUT2D eigenvalue weighted by molar-refractivity contribution is -0.136. The fourth-order valence-corrected chi connectivity index (χ4v) is 1.80. The van der Waals surface area contributed by atoms with Crippen molar-refractivity contribution in [1.29, 1.82) is 0 Å². The second kappa shape index (κ2) is 7.38. The summed E-state index contributed by atoms with van der Waals surface area (Å²) in [6, 6.07) is 14.1. The number of rotatable bonds is 3. The summed E-state index contributed by atoms with van der Waals surface area (Å²) in [6.45, 7) is 1.93. The molecule has 0 aromatic heterocycles. The first kappa shape index (κ1) is 15.7. The summed E-state index contributed by atoms with van der Waals surface area (Å²) in [5, 5.41) is 6.69. The summed E-state index contributed by atoms with van der Waals surface area (Å²) in [4.78, 5) is 23.3. The lowest BCUT2D eigenvalue weighted by Gasteiger charge is -2.04. The Labute approximate surface area is 133 Å². The van der Waals surface area contributed by atoms with Crippen molar-refractivity contribution in [2.45, 2.75) is 6.92 Å². The van der Waals surface area contributed by atoms with Gasteiger partial charge in [0.15, 0.2) is 0 Å². The predicted molar refractivity (Wildman–Crippen MR) is 87.0 cm³/mol. The smallest absolute Gasteiger partial charge is 0.318 e. The summed E-state index contributed by atoms with van der Waals surface area (Å²) in [6.07, 6.45) is 1.37. The lowest BCUT2D eigenvalue weighted by atomic mass is 10.2. The second-order valence-corrected chi connectivity index (χ2v) is 4.95. The standard InChI is InChI=1S/C16H14ClN3O2/c1-11-6-8-13(9-7-11)19-15(21)16(22)20-18-10-12-4-2-3-5-14(12)17/h2-10H,1H3,(H,19,21)(H,20,22)/b18-10-. The molecule has 0 saturated carbocycles. The maximum Gasteiger partial charge on any atom is 0.329 e. The van der Waals surface area contributed by atoms with Crippen LogP contribution in [-0.4, -0.2) is 18.0 Å². The van der Waals surface area contributed by atoms with Gasteiger partial charge >= 0.3 is 11.8 Å². The Kier molecular flexibility index (Phi) is 5.27. The Morgan fingerprint density at radius 3 is 2.41 bits per heavy atom. The van der Waals surface area contributed by atoms with E-state index in [0.717, 1.165) is 5.56 Å². The van der Waals surface area contributed by atoms with Crippen molar-refractivity contribution >= 4 is 35.3 Å². The van der Waals surface area contributed by atoms with Crippen LogP contribution >= 0.6 is 11.6 Å². The van der Waals surface area contributed by atoms with Gasteiger partial charge in [0, 0.05) is 16.3 Å². The van der Waals surface area contributed by atoms with E-state index in [0.29, 0.717) is 16.3 Å². The van der Waals surface area contributed by atoms with E-state index in [1.54, 1.807) is 36.4 Å². The van der Waals surface area contributed by atoms with Crippen molar-refractivity contribution in [1.82, 2.24) is 5.43 Å². The van der Waals surface area contributed by atoms with Crippen LogP contribution in [0.4, 0.5) is 5.69 Å². The normalized spacial score (nSPS) is 10.5. The lowest BCUT2D eigenvalue weighted by Crippen LogP contribution is -2.32. The molecule has 2 aromatic carbocycles. The van der Waals surface area contributed by atoms with Crippen molar-refractivity contribution < 1.29 is 9.59 Å². The van der Waals surface area contributed by atoms with Crippen molar-refractivity contribution in [3.63, 3.8) is 0 Å². The highest BCUT2D eigenvalue weighted by Gasteiger charge is 2.12. The molecule has 0 aliphatic carbocycles. The number of nitrogens with one attached hydrogen (secondary N) is 2. The summed E-state index contributed by atoms with van der Waals surface area (Å²) in [5.74, 6) is -1.65. The molecule has 22 heavy (non-hydrogen) atoms. The zero-order valence-corrected chi connectivity index (χ0v) is 12.6. The van der Waals surface area contributed by atoms with Crippen molar-refractivity contribution in [3.05, 3.63) is 64.7 Å². The minimum absolute atomic E-state index is 0.504. The van der Waals surface area contributed by atoms with Crippen LogP contribution in [0.5, 0.6) is 0 Å². The number of nitrogens with zero attached hydrogens (tertiary/aromatic N) is 1. The number of carbonyl (C=O) groups excluding carboxylic acids is 2. The molecule has 0 atom stereocenters. The zero-order valence-electron chi connectivity index (χ0n) is 11.8. The molecule has 0 aliphatic heterocycles. The van der Waals surface area contributed by atoms with Gasteiger partial charge in [0.05, 0.1) is 6.21 Å². The molecular formula is C16H14ClN3O2. The van der Waals surface area contributed by atoms with Crippen LogP contribution in [0.2, 0.25) is 5.02 Å². The molecule has 0 fully saturated rings. The van der Waals surface area contributed by atoms with Crippen LogP contribution in [0.3, 0.4) is 0 Å². The maximum absolute atomic E-state index is 11.7. The Morgan fingerprint density at radius 2 is 1.73 bits per heavy atom. The summed E-state index contributed by atoms with van der Waals surface area (Å²) >= 11 is 5.94. The highest BCUT2D eigenvalue weighted by molar-refractivity contribution is 6.39. The van der Waals surface area contributed by atoms with Crippen LogP contribution < -0.4 is 10.7 Å². The van der Waals surface area contributed by atoms with E-state index in [9.17, 15) is 9.59 Å². The molecule has 6 heteroatoms. The molecule has 0 saturated heterocycles. The van der Waals surface area contributed by atoms with Crippen molar-refractivity contribution in [3.8, 4) is 0 Å². The number of hydrazone groups is 1. The summed E-state index contributed by atoms with van der Waals surface area (Å²) in [5.41, 5.74) is 4.40. The Morgan fingerprint density at radius 1 is 1.05 bits per heavy atom. The molecule has 0 heterocycles. The van der Waals surface area contributed by atoms with Crippen molar-refractivity contribution in [2.75, 3.05) is 5.32 Å². The Bertz CT molecular complexity index is 712. The van der Waals surface area contributed by atoms with Crippen LogP contribution in [0.15, 0.2) is 53.6 Å². The molecule has 0 spiro atoms. The number of aryl methyl sites for hydroxylation is 1. The molecule has 2 N–H and O–H groups in total. The fraction of sp³-hybridized carbons (Fsp3) is 0.0625. The van der Waals surface area contributed by atoms with Gasteiger partial charge in [0.1, 0.15) is 0 Å². The second-order valence-electron chi connectivity index (χ2n) is 4.54. The SMILES string of the molecule is Cc1ccc(NC(=O)C(=O)N/N=C\c2ccccc2Cl)cc1. The van der Waals surface area contributed by atoms with Gasteiger partial charge in [-0.2, -0.15) is 5.10 Å². The zero-order chi connectivity index (χ0) is 15.9. The number of hydrogen-bond acceptors (Lipinski definition) is 3. The first-order chi connectivity index (χ1) is 10.6. The van der Waals surface area contributed by atoms with Gasteiger partial charge in [-0.1, -0.05) is 47.5 Å². The van der Waals surface area contributed by atoms with E-state index in [-0.39, 0.29) is 0 Å². The highest BCUT2D eigenvalue weighted by atomic mass is 35.5. The molecule has 2 amide bonds. The third-order valence-corrected chi connectivity index (χ3v) is 3.13. The van der Waals surface area contributed by atoms with E-state index in [2.05, 4.69) is 15.8 Å². The average Bonchev–Trinajstić information content (AvgIpc) is 2.51. The molecule has 2 aromatic rings. The van der Waals surface area contributed by atoms with Crippen LogP contribution in [0, 0.1) is 6.92 Å². The largest absolute Gasteiger partial charge is 0.329 e. The van der Waals surface area contributed by atoms with E-state index in [1.807, 2.05) is 19.1 Å². The molecule has 2 rings (SSSR count). The number of carbonyl (C=O) groups is 2. The topological polar surface area (TPSA) is 70.6 Å². The quantitative estimate of drug-likeness (QED) is 0.519. The number of benzene rings is 2. The van der Waals surface area contributed by atoms with Gasteiger partial charge in [-0.3, -0.25) is 9.59 Å². The number of amides is 2. The average molecular weight is 316 g/mol. The molecule has 112 valence electrons. The Balaban J connectivity index is 1.90. The van der Waals surface area contributed by atoms with Crippen LogP contribution in [0.25, 0.3) is 0 Å². The number of halogens is 1. The molecular weight excluding hydrogens is 302 g/mol. The minimum Gasteiger partial charge on any atom is -0.318 e. The van der Waals surface area contributed by atoms with E-state index < -0.39 is 11.8 Å². The van der Waals surface area contributed by atoms with Crippen LogP contribution in [-0.2, 0) is 9.59 Å². The van der Waals surface area contributed by atoms with Crippen molar-refractivity contribution in [2.24, 2.45) is 5.10 Å².